The summed E-state index contributed by atoms with van der Waals surface area (Å²) in [4.78, 5) is 13.4. The van der Waals surface area contributed by atoms with Crippen molar-refractivity contribution in [2.45, 2.75) is 45.3 Å². The minimum Gasteiger partial charge on any atom is -0.479 e. The van der Waals surface area contributed by atoms with Crippen molar-refractivity contribution < 1.29 is 17.9 Å². The molecule has 0 bridgehead atoms. The monoisotopic (exact) mass is 489 g/mol. The van der Waals surface area contributed by atoms with Crippen molar-refractivity contribution >= 4 is 22.3 Å². The van der Waals surface area contributed by atoms with Crippen LogP contribution in [0, 0.1) is 6.92 Å². The molecule has 34 heavy (non-hydrogen) atoms. The number of pyridine rings is 1. The van der Waals surface area contributed by atoms with Gasteiger partial charge in [0.15, 0.2) is 5.13 Å². The van der Waals surface area contributed by atoms with E-state index in [0.717, 1.165) is 40.2 Å². The van der Waals surface area contributed by atoms with Crippen molar-refractivity contribution in [3.05, 3.63) is 47.0 Å². The summed E-state index contributed by atoms with van der Waals surface area (Å²) in [7, 11) is 1.54. The normalized spacial score (nSPS) is 13.7. The van der Waals surface area contributed by atoms with Gasteiger partial charge in [-0.05, 0) is 44.7 Å². The van der Waals surface area contributed by atoms with E-state index in [4.69, 9.17) is 4.74 Å². The molecule has 0 saturated heterocycles. The van der Waals surface area contributed by atoms with Gasteiger partial charge in [0.2, 0.25) is 5.88 Å². The summed E-state index contributed by atoms with van der Waals surface area (Å²) in [6, 6.07) is 3.69. The van der Waals surface area contributed by atoms with Crippen LogP contribution in [0.2, 0.25) is 0 Å². The van der Waals surface area contributed by atoms with Crippen LogP contribution in [0.4, 0.5) is 24.1 Å². The molecule has 1 N–H and O–H groups in total. The molecule has 178 valence electrons. The molecule has 0 radical (unpaired) electrons. The molecule has 0 fully saturated rings. The summed E-state index contributed by atoms with van der Waals surface area (Å²) in [6.45, 7) is 0.751. The first-order chi connectivity index (χ1) is 16.3. The van der Waals surface area contributed by atoms with E-state index in [1.165, 1.54) is 11.3 Å². The molecule has 0 aliphatic heterocycles. The topological polar surface area (TPSA) is 82.7 Å². The van der Waals surface area contributed by atoms with Crippen LogP contribution in [-0.4, -0.2) is 42.6 Å². The summed E-state index contributed by atoms with van der Waals surface area (Å²) in [6.07, 6.45) is 2.42. The molecule has 5 rings (SSSR count). The summed E-state index contributed by atoms with van der Waals surface area (Å²) in [5.74, 6) is 0.777. The number of ether oxygens (including phenoxy) is 1. The van der Waals surface area contributed by atoms with Gasteiger partial charge in [-0.2, -0.15) is 18.3 Å². The number of hydrogen-bond acceptors (Lipinski definition) is 7. The molecule has 1 aliphatic carbocycles. The summed E-state index contributed by atoms with van der Waals surface area (Å²) >= 11 is 1.30. The van der Waals surface area contributed by atoms with Crippen molar-refractivity contribution in [3.63, 3.8) is 0 Å². The highest BCUT2D eigenvalue weighted by Gasteiger charge is 2.32. The lowest BCUT2D eigenvalue weighted by Gasteiger charge is -2.13. The Balaban J connectivity index is 1.44. The average molecular weight is 490 g/mol. The minimum absolute atomic E-state index is 0.365. The standard InChI is InChI=1S/C22H22F3N7OS/c1-13-9-31(12-26-13)18-8-7-16(27-20(18)33-2)17-10-34-21(28-17)29-19-14-5-3-4-6-15(14)30-32(19)11-22(23,24)25/h7-10,12H,3-6,11H2,1-2H3,(H,28,29). The van der Waals surface area contributed by atoms with Crippen molar-refractivity contribution in [1.29, 1.82) is 0 Å². The molecule has 12 heteroatoms. The molecule has 0 unspecified atom stereocenters. The number of halogens is 3. The molecule has 0 spiro atoms. The highest BCUT2D eigenvalue weighted by Crippen LogP contribution is 2.34. The van der Waals surface area contributed by atoms with Crippen molar-refractivity contribution in [2.75, 3.05) is 12.4 Å². The number of alkyl halides is 3. The Morgan fingerprint density at radius 1 is 1.15 bits per heavy atom. The van der Waals surface area contributed by atoms with Crippen LogP contribution < -0.4 is 10.1 Å². The second-order valence-corrected chi connectivity index (χ2v) is 8.92. The van der Waals surface area contributed by atoms with Crippen molar-refractivity contribution in [1.82, 2.24) is 29.3 Å². The van der Waals surface area contributed by atoms with Crippen LogP contribution in [0.15, 0.2) is 30.0 Å². The first kappa shape index (κ1) is 22.4. The third-order valence-corrected chi connectivity index (χ3v) is 6.33. The molecular weight excluding hydrogens is 467 g/mol. The number of imidazole rings is 1. The Hall–Kier alpha value is -3.41. The van der Waals surface area contributed by atoms with Crippen LogP contribution >= 0.6 is 11.3 Å². The largest absolute Gasteiger partial charge is 0.479 e. The third-order valence-electron chi connectivity index (χ3n) is 5.57. The number of aromatic nitrogens is 6. The van der Waals surface area contributed by atoms with E-state index < -0.39 is 12.7 Å². The second-order valence-electron chi connectivity index (χ2n) is 8.06. The minimum atomic E-state index is -4.37. The van der Waals surface area contributed by atoms with E-state index >= 15 is 0 Å². The smallest absolute Gasteiger partial charge is 0.408 e. The Kier molecular flexibility index (Phi) is 5.76. The number of nitrogens with one attached hydrogen (secondary N) is 1. The lowest BCUT2D eigenvalue weighted by atomic mass is 9.97. The quantitative estimate of drug-likeness (QED) is 0.406. The van der Waals surface area contributed by atoms with Gasteiger partial charge in [0, 0.05) is 17.1 Å². The van der Waals surface area contributed by atoms with E-state index in [1.54, 1.807) is 13.4 Å². The van der Waals surface area contributed by atoms with Gasteiger partial charge in [-0.25, -0.2) is 19.6 Å². The van der Waals surface area contributed by atoms with Crippen LogP contribution in [0.3, 0.4) is 0 Å². The van der Waals surface area contributed by atoms with E-state index in [9.17, 15) is 13.2 Å². The summed E-state index contributed by atoms with van der Waals surface area (Å²) in [5, 5.41) is 9.61. The molecule has 0 amide bonds. The van der Waals surface area contributed by atoms with Gasteiger partial charge in [-0.3, -0.25) is 0 Å². The van der Waals surface area contributed by atoms with Crippen LogP contribution in [0.5, 0.6) is 5.88 Å². The van der Waals surface area contributed by atoms with Gasteiger partial charge in [-0.15, -0.1) is 11.3 Å². The van der Waals surface area contributed by atoms with Gasteiger partial charge >= 0.3 is 6.18 Å². The number of aryl methyl sites for hydroxylation is 2. The van der Waals surface area contributed by atoms with Gasteiger partial charge in [0.05, 0.1) is 30.5 Å². The SMILES string of the molecule is COc1nc(-c2csc(Nc3c4c(nn3CC(F)(F)F)CCCC4)n2)ccc1-n1cnc(C)c1. The fourth-order valence-corrected chi connectivity index (χ4v) is 4.76. The predicted molar refractivity (Wildman–Crippen MR) is 122 cm³/mol. The average Bonchev–Trinajstić information content (AvgIpc) is 3.52. The van der Waals surface area contributed by atoms with Crippen LogP contribution in [0.1, 0.15) is 29.8 Å². The number of fused-ring (bicyclic) bond motifs is 1. The van der Waals surface area contributed by atoms with Crippen LogP contribution in [-0.2, 0) is 19.4 Å². The Bertz CT molecular complexity index is 1320. The number of rotatable bonds is 6. The van der Waals surface area contributed by atoms with Gasteiger partial charge in [0.1, 0.15) is 23.7 Å². The third kappa shape index (κ3) is 4.49. The maximum atomic E-state index is 13.2. The molecule has 1 aliphatic rings. The molecular formula is C22H22F3N7OS. The predicted octanol–water partition coefficient (Wildman–Crippen LogP) is 5.09. The Labute approximate surface area is 197 Å². The Morgan fingerprint density at radius 2 is 1.97 bits per heavy atom. The zero-order valence-electron chi connectivity index (χ0n) is 18.6. The van der Waals surface area contributed by atoms with Gasteiger partial charge in [0.25, 0.3) is 0 Å². The summed E-state index contributed by atoms with van der Waals surface area (Å²) in [5.41, 5.74) is 4.36. The van der Waals surface area contributed by atoms with Crippen LogP contribution in [0.25, 0.3) is 17.1 Å². The van der Waals surface area contributed by atoms with Gasteiger partial charge in [-0.1, -0.05) is 0 Å². The lowest BCUT2D eigenvalue weighted by molar-refractivity contribution is -0.142. The first-order valence-electron chi connectivity index (χ1n) is 10.7. The zero-order chi connectivity index (χ0) is 23.9. The van der Waals surface area contributed by atoms with Crippen molar-refractivity contribution in [2.24, 2.45) is 0 Å². The number of thiazole rings is 1. The zero-order valence-corrected chi connectivity index (χ0v) is 19.4. The number of anilines is 2. The molecule has 4 aromatic rings. The van der Waals surface area contributed by atoms with E-state index in [2.05, 4.69) is 25.4 Å². The second kappa shape index (κ2) is 8.75. The number of methoxy groups -OCH3 is 1. The van der Waals surface area contributed by atoms with E-state index in [1.807, 2.05) is 35.2 Å². The fourth-order valence-electron chi connectivity index (χ4n) is 4.06. The fraction of sp³-hybridized carbons (Fsp3) is 0.364. The van der Waals surface area contributed by atoms with E-state index in [-0.39, 0.29) is 0 Å². The molecule has 0 saturated carbocycles. The molecule has 0 atom stereocenters. The molecule has 4 aromatic heterocycles. The lowest BCUT2D eigenvalue weighted by Crippen LogP contribution is -2.20. The highest BCUT2D eigenvalue weighted by molar-refractivity contribution is 7.14. The number of nitrogens with zero attached hydrogens (tertiary/aromatic N) is 6. The highest BCUT2D eigenvalue weighted by atomic mass is 32.1. The van der Waals surface area contributed by atoms with Crippen molar-refractivity contribution in [3.8, 4) is 23.0 Å². The molecule has 4 heterocycles. The van der Waals surface area contributed by atoms with E-state index in [0.29, 0.717) is 41.1 Å². The Morgan fingerprint density at radius 3 is 2.71 bits per heavy atom. The molecule has 8 nitrogen and oxygen atoms in total. The maximum absolute atomic E-state index is 13.2. The summed E-state index contributed by atoms with van der Waals surface area (Å²) < 4.78 is 47.8. The maximum Gasteiger partial charge on any atom is 0.408 e. The number of hydrogen-bond donors (Lipinski definition) is 1. The first-order valence-corrected chi connectivity index (χ1v) is 11.6. The van der Waals surface area contributed by atoms with Gasteiger partial charge < -0.3 is 14.6 Å². The molecule has 0 aromatic carbocycles.